The molecule has 1 aliphatic rings. The van der Waals surface area contributed by atoms with Crippen LogP contribution in [0.15, 0.2) is 51.8 Å². The highest BCUT2D eigenvalue weighted by atomic mass is 79.9. The van der Waals surface area contributed by atoms with Crippen LogP contribution < -0.4 is 10.1 Å². The molecule has 0 fully saturated rings. The average Bonchev–Trinajstić information content (AvgIpc) is 2.95. The molecule has 2 aromatic rings. The molecule has 0 aliphatic carbocycles. The zero-order chi connectivity index (χ0) is 16.2. The second-order valence-corrected chi connectivity index (χ2v) is 7.49. The Morgan fingerprint density at radius 3 is 2.96 bits per heavy atom. The van der Waals surface area contributed by atoms with Crippen molar-refractivity contribution in [1.82, 2.24) is 5.32 Å². The van der Waals surface area contributed by atoms with Gasteiger partial charge in [-0.25, -0.2) is 0 Å². The predicted octanol–water partition coefficient (Wildman–Crippen LogP) is 3.97. The van der Waals surface area contributed by atoms with Crippen LogP contribution in [0.25, 0.3) is 0 Å². The van der Waals surface area contributed by atoms with Gasteiger partial charge in [-0.05, 0) is 42.3 Å². The normalized spacial score (nSPS) is 15.8. The fourth-order valence-electron chi connectivity index (χ4n) is 2.56. The third kappa shape index (κ3) is 4.30. The van der Waals surface area contributed by atoms with Crippen molar-refractivity contribution in [1.29, 1.82) is 0 Å². The Bertz CT molecular complexity index is 695. The molecule has 23 heavy (non-hydrogen) atoms. The van der Waals surface area contributed by atoms with Crippen molar-refractivity contribution < 1.29 is 9.53 Å². The van der Waals surface area contributed by atoms with Crippen molar-refractivity contribution >= 4 is 33.6 Å². The summed E-state index contributed by atoms with van der Waals surface area (Å²) < 4.78 is 6.88. The number of amides is 1. The largest absolute Gasteiger partial charge is 0.488 e. The molecule has 2 aromatic carbocycles. The molecule has 0 saturated carbocycles. The highest BCUT2D eigenvalue weighted by Gasteiger charge is 2.22. The van der Waals surface area contributed by atoms with Crippen LogP contribution >= 0.6 is 27.7 Å². The minimum Gasteiger partial charge on any atom is -0.488 e. The Morgan fingerprint density at radius 2 is 2.17 bits per heavy atom. The molecule has 3 nitrogen and oxygen atoms in total. The predicted molar refractivity (Wildman–Crippen MR) is 97.2 cm³/mol. The molecule has 0 spiro atoms. The fraction of sp³-hybridized carbons (Fsp3) is 0.278. The summed E-state index contributed by atoms with van der Waals surface area (Å²) in [5, 5.41) is 2.97. The molecule has 0 aromatic heterocycles. The number of hydrogen-bond acceptors (Lipinski definition) is 3. The van der Waals surface area contributed by atoms with E-state index in [0.29, 0.717) is 12.3 Å². The summed E-state index contributed by atoms with van der Waals surface area (Å²) in [5.74, 6) is 1.39. The molecule has 0 radical (unpaired) electrons. The minimum atomic E-state index is 0.0377. The number of fused-ring (bicyclic) bond motifs is 1. The van der Waals surface area contributed by atoms with E-state index in [-0.39, 0.29) is 12.0 Å². The van der Waals surface area contributed by atoms with E-state index in [0.717, 1.165) is 21.5 Å². The highest BCUT2D eigenvalue weighted by molar-refractivity contribution is 9.10. The van der Waals surface area contributed by atoms with Gasteiger partial charge in [0.2, 0.25) is 5.91 Å². The zero-order valence-electron chi connectivity index (χ0n) is 12.8. The summed E-state index contributed by atoms with van der Waals surface area (Å²) in [6.07, 6.45) is 0.894. The molecule has 1 aliphatic heterocycles. The first kappa shape index (κ1) is 16.4. The summed E-state index contributed by atoms with van der Waals surface area (Å²) in [6, 6.07) is 14.1. The van der Waals surface area contributed by atoms with E-state index in [2.05, 4.69) is 40.3 Å². The van der Waals surface area contributed by atoms with Crippen molar-refractivity contribution in [2.45, 2.75) is 24.3 Å². The topological polar surface area (TPSA) is 38.3 Å². The van der Waals surface area contributed by atoms with Crippen molar-refractivity contribution in [3.05, 3.63) is 58.1 Å². The molecule has 0 bridgehead atoms. The Kier molecular flexibility index (Phi) is 5.28. The third-order valence-corrected chi connectivity index (χ3v) is 5.41. The van der Waals surface area contributed by atoms with E-state index in [9.17, 15) is 4.79 Å². The first-order chi connectivity index (χ1) is 11.1. The van der Waals surface area contributed by atoms with Crippen LogP contribution in [0, 0.1) is 6.92 Å². The number of ether oxygens (including phenoxy) is 1. The Balaban J connectivity index is 1.44. The molecule has 120 valence electrons. The van der Waals surface area contributed by atoms with Crippen molar-refractivity contribution in [2.24, 2.45) is 0 Å². The van der Waals surface area contributed by atoms with Crippen LogP contribution in [-0.2, 0) is 11.2 Å². The number of aryl methyl sites for hydroxylation is 1. The molecular weight excluding hydrogens is 374 g/mol. The first-order valence-corrected chi connectivity index (χ1v) is 9.30. The first-order valence-electron chi connectivity index (χ1n) is 7.52. The maximum atomic E-state index is 12.0. The lowest BCUT2D eigenvalue weighted by Gasteiger charge is -2.12. The van der Waals surface area contributed by atoms with Gasteiger partial charge in [0.05, 0.1) is 12.3 Å². The van der Waals surface area contributed by atoms with Gasteiger partial charge in [-0.15, -0.1) is 11.8 Å². The number of rotatable bonds is 5. The summed E-state index contributed by atoms with van der Waals surface area (Å²) >= 11 is 5.01. The lowest BCUT2D eigenvalue weighted by molar-refractivity contribution is -0.118. The van der Waals surface area contributed by atoms with E-state index in [1.807, 2.05) is 30.3 Å². The smallest absolute Gasteiger partial charge is 0.230 e. The van der Waals surface area contributed by atoms with E-state index in [1.54, 1.807) is 11.8 Å². The van der Waals surface area contributed by atoms with Gasteiger partial charge in [0.15, 0.2) is 0 Å². The van der Waals surface area contributed by atoms with Crippen LogP contribution in [0.5, 0.6) is 5.75 Å². The van der Waals surface area contributed by atoms with Gasteiger partial charge in [-0.1, -0.05) is 34.1 Å². The monoisotopic (exact) mass is 391 g/mol. The number of hydrogen-bond donors (Lipinski definition) is 1. The molecule has 1 atom stereocenters. The maximum Gasteiger partial charge on any atom is 0.230 e. The summed E-state index contributed by atoms with van der Waals surface area (Å²) in [7, 11) is 0. The van der Waals surface area contributed by atoms with Gasteiger partial charge >= 0.3 is 0 Å². The van der Waals surface area contributed by atoms with Gasteiger partial charge in [0.1, 0.15) is 11.9 Å². The number of halogens is 1. The second-order valence-electron chi connectivity index (χ2n) is 5.55. The summed E-state index contributed by atoms with van der Waals surface area (Å²) in [4.78, 5) is 13.2. The van der Waals surface area contributed by atoms with Gasteiger partial charge in [-0.3, -0.25) is 4.79 Å². The molecule has 0 saturated heterocycles. The van der Waals surface area contributed by atoms with E-state index in [1.165, 1.54) is 11.1 Å². The molecule has 1 N–H and O–H groups in total. The number of benzene rings is 2. The van der Waals surface area contributed by atoms with E-state index >= 15 is 0 Å². The SMILES string of the molecule is Cc1cc(Br)ccc1SCC(=O)NCC1Cc2ccccc2O1. The van der Waals surface area contributed by atoms with Crippen molar-refractivity contribution in [3.63, 3.8) is 0 Å². The molecular formula is C18H18BrNO2S. The molecule has 1 amide bonds. The van der Waals surface area contributed by atoms with Gasteiger partial charge in [0.25, 0.3) is 0 Å². The fourth-order valence-corrected chi connectivity index (χ4v) is 3.88. The highest BCUT2D eigenvalue weighted by Crippen LogP contribution is 2.28. The number of carbonyl (C=O) groups is 1. The van der Waals surface area contributed by atoms with Crippen LogP contribution in [-0.4, -0.2) is 24.3 Å². The number of carbonyl (C=O) groups excluding carboxylic acids is 1. The maximum absolute atomic E-state index is 12.0. The average molecular weight is 392 g/mol. The van der Waals surface area contributed by atoms with Gasteiger partial charge < -0.3 is 10.1 Å². The number of nitrogens with one attached hydrogen (secondary N) is 1. The Labute approximate surface area is 148 Å². The zero-order valence-corrected chi connectivity index (χ0v) is 15.2. The van der Waals surface area contributed by atoms with Gasteiger partial charge in [-0.2, -0.15) is 0 Å². The number of thioether (sulfide) groups is 1. The Morgan fingerprint density at radius 1 is 1.35 bits per heavy atom. The van der Waals surface area contributed by atoms with Crippen molar-refractivity contribution in [2.75, 3.05) is 12.3 Å². The number of para-hydroxylation sites is 1. The van der Waals surface area contributed by atoms with E-state index in [4.69, 9.17) is 4.74 Å². The molecule has 1 heterocycles. The molecule has 5 heteroatoms. The third-order valence-electron chi connectivity index (χ3n) is 3.74. The van der Waals surface area contributed by atoms with Gasteiger partial charge in [0, 0.05) is 15.8 Å². The lowest BCUT2D eigenvalue weighted by atomic mass is 10.1. The second kappa shape index (κ2) is 7.41. The Hall–Kier alpha value is -1.46. The lowest BCUT2D eigenvalue weighted by Crippen LogP contribution is -2.35. The summed E-state index contributed by atoms with van der Waals surface area (Å²) in [5.41, 5.74) is 2.39. The molecule has 1 unspecified atom stereocenters. The van der Waals surface area contributed by atoms with Crippen LogP contribution in [0.3, 0.4) is 0 Å². The molecule has 3 rings (SSSR count). The van der Waals surface area contributed by atoms with Crippen LogP contribution in [0.2, 0.25) is 0 Å². The van der Waals surface area contributed by atoms with Crippen LogP contribution in [0.4, 0.5) is 0 Å². The van der Waals surface area contributed by atoms with Crippen LogP contribution in [0.1, 0.15) is 11.1 Å². The quantitative estimate of drug-likeness (QED) is 0.783. The van der Waals surface area contributed by atoms with Crippen molar-refractivity contribution in [3.8, 4) is 5.75 Å². The minimum absolute atomic E-state index is 0.0377. The standard InChI is InChI=1S/C18H18BrNO2S/c1-12-8-14(19)6-7-17(12)23-11-18(21)20-10-15-9-13-4-2-3-5-16(13)22-15/h2-8,15H,9-11H2,1H3,(H,20,21). The summed E-state index contributed by atoms with van der Waals surface area (Å²) in [6.45, 7) is 2.60. The van der Waals surface area contributed by atoms with E-state index < -0.39 is 0 Å².